The number of nitrogens with one attached hydrogen (secondary N) is 2. The molecule has 0 aromatic heterocycles. The number of hydrogen-bond acceptors (Lipinski definition) is 3. The summed E-state index contributed by atoms with van der Waals surface area (Å²) < 4.78 is 26.8. The second-order valence-corrected chi connectivity index (χ2v) is 10.7. The van der Waals surface area contributed by atoms with E-state index in [-0.39, 0.29) is 17.9 Å². The second kappa shape index (κ2) is 7.92. The lowest BCUT2D eigenvalue weighted by molar-refractivity contribution is -0.120. The average Bonchev–Trinajstić information content (AvgIpc) is 3.10. The Morgan fingerprint density at radius 3 is 2.33 bits per heavy atom. The molecule has 150 valence electrons. The van der Waals surface area contributed by atoms with Crippen LogP contribution in [0.25, 0.3) is 0 Å². The minimum absolute atomic E-state index is 0.0437. The van der Waals surface area contributed by atoms with Gasteiger partial charge in [-0.15, -0.1) is 0 Å². The van der Waals surface area contributed by atoms with Crippen LogP contribution in [0.3, 0.4) is 0 Å². The number of sulfonamides is 1. The van der Waals surface area contributed by atoms with Gasteiger partial charge in [0.25, 0.3) is 0 Å². The van der Waals surface area contributed by atoms with Gasteiger partial charge in [-0.1, -0.05) is 0 Å². The molecule has 0 atom stereocenters. The minimum atomic E-state index is -3.25. The molecule has 1 saturated carbocycles. The molecule has 5 nitrogen and oxygen atoms in total. The van der Waals surface area contributed by atoms with Crippen molar-refractivity contribution in [1.29, 1.82) is 0 Å². The first-order valence-electron chi connectivity index (χ1n) is 10.1. The van der Waals surface area contributed by atoms with Crippen molar-refractivity contribution in [2.24, 2.45) is 5.92 Å². The highest BCUT2D eigenvalue weighted by atomic mass is 32.2. The maximum absolute atomic E-state index is 12.8. The molecule has 0 aliphatic heterocycles. The van der Waals surface area contributed by atoms with E-state index < -0.39 is 15.3 Å². The number of carbonyl (C=O) groups excluding carboxylic acids is 1. The number of carbonyl (C=O) groups is 1. The zero-order chi connectivity index (χ0) is 19.8. The van der Waals surface area contributed by atoms with Crippen molar-refractivity contribution in [2.45, 2.75) is 83.9 Å². The Labute approximate surface area is 163 Å². The Balaban J connectivity index is 1.60. The zero-order valence-electron chi connectivity index (χ0n) is 16.9. The van der Waals surface area contributed by atoms with E-state index in [1.165, 1.54) is 28.7 Å². The molecule has 0 saturated heterocycles. The van der Waals surface area contributed by atoms with Crippen LogP contribution in [-0.4, -0.2) is 25.6 Å². The summed E-state index contributed by atoms with van der Waals surface area (Å²) in [5.41, 5.74) is 6.30. The van der Waals surface area contributed by atoms with Crippen LogP contribution in [-0.2, 0) is 27.7 Å². The van der Waals surface area contributed by atoms with Gasteiger partial charge >= 0.3 is 0 Å². The van der Waals surface area contributed by atoms with Crippen LogP contribution < -0.4 is 10.0 Å². The van der Waals surface area contributed by atoms with Gasteiger partial charge < -0.3 is 5.32 Å². The Kier molecular flexibility index (Phi) is 5.96. The largest absolute Gasteiger partial charge is 0.326 e. The van der Waals surface area contributed by atoms with Crippen molar-refractivity contribution in [1.82, 2.24) is 4.72 Å². The summed E-state index contributed by atoms with van der Waals surface area (Å²) in [6.45, 7) is 7.60. The van der Waals surface area contributed by atoms with Crippen molar-refractivity contribution in [3.63, 3.8) is 0 Å². The fourth-order valence-corrected chi connectivity index (χ4v) is 5.35. The molecule has 1 aromatic rings. The van der Waals surface area contributed by atoms with Crippen molar-refractivity contribution >= 4 is 21.6 Å². The summed E-state index contributed by atoms with van der Waals surface area (Å²) in [4.78, 5) is 12.8. The summed E-state index contributed by atoms with van der Waals surface area (Å²) in [5, 5.41) is 2.73. The van der Waals surface area contributed by atoms with Gasteiger partial charge in [-0.25, -0.2) is 13.1 Å². The topological polar surface area (TPSA) is 75.3 Å². The number of aryl methyl sites for hydroxylation is 1. The number of fused-ring (bicyclic) bond motifs is 1. The van der Waals surface area contributed by atoms with Crippen LogP contribution in [0.15, 0.2) is 6.07 Å². The predicted molar refractivity (Wildman–Crippen MR) is 110 cm³/mol. The summed E-state index contributed by atoms with van der Waals surface area (Å²) in [6, 6.07) is 2.06. The maximum atomic E-state index is 12.8. The van der Waals surface area contributed by atoms with Crippen molar-refractivity contribution < 1.29 is 13.2 Å². The van der Waals surface area contributed by atoms with Gasteiger partial charge in [0.15, 0.2) is 0 Å². The van der Waals surface area contributed by atoms with Gasteiger partial charge in [0.1, 0.15) is 0 Å². The number of hydrogen-bond donors (Lipinski definition) is 2. The fourth-order valence-electron chi connectivity index (χ4n) is 4.37. The summed E-state index contributed by atoms with van der Waals surface area (Å²) in [6.07, 6.45) is 6.32. The number of rotatable bonds is 5. The molecule has 0 bridgehead atoms. The number of benzene rings is 1. The van der Waals surface area contributed by atoms with Crippen molar-refractivity contribution in [3.05, 3.63) is 28.3 Å². The molecule has 0 unspecified atom stereocenters. The lowest BCUT2D eigenvalue weighted by Crippen LogP contribution is -2.42. The Morgan fingerprint density at radius 2 is 1.70 bits per heavy atom. The zero-order valence-corrected chi connectivity index (χ0v) is 17.7. The molecule has 2 aliphatic carbocycles. The highest BCUT2D eigenvalue weighted by molar-refractivity contribution is 7.90. The van der Waals surface area contributed by atoms with E-state index in [0.29, 0.717) is 12.8 Å². The van der Waals surface area contributed by atoms with Gasteiger partial charge in [0, 0.05) is 17.6 Å². The lowest BCUT2D eigenvalue weighted by atomic mass is 9.85. The normalized spacial score (nSPS) is 22.7. The molecule has 1 fully saturated rings. The summed E-state index contributed by atoms with van der Waals surface area (Å²) in [5.74, 6) is 0.0263. The molecule has 0 spiro atoms. The standard InChI is InChI=1S/C21H32N2O3S/c1-13(2)27(25,26)23-17-10-8-16(9-11-17)21(24)22-20-12-14(3)18-6-5-7-19(18)15(20)4/h12-13,16-17,23H,5-11H2,1-4H3,(H,22,24). The molecule has 0 radical (unpaired) electrons. The van der Waals surface area contributed by atoms with E-state index >= 15 is 0 Å². The average molecular weight is 393 g/mol. The van der Waals surface area contributed by atoms with Crippen LogP contribution >= 0.6 is 0 Å². The highest BCUT2D eigenvalue weighted by Gasteiger charge is 2.30. The van der Waals surface area contributed by atoms with Gasteiger partial charge in [0.05, 0.1) is 5.25 Å². The van der Waals surface area contributed by atoms with Gasteiger partial charge in [-0.3, -0.25) is 4.79 Å². The van der Waals surface area contributed by atoms with Crippen LogP contribution in [0.1, 0.15) is 68.2 Å². The molecule has 2 N–H and O–H groups in total. The Bertz CT molecular complexity index is 822. The first-order chi connectivity index (χ1) is 12.7. The van der Waals surface area contributed by atoms with E-state index in [0.717, 1.165) is 31.4 Å². The fraction of sp³-hybridized carbons (Fsp3) is 0.667. The lowest BCUT2D eigenvalue weighted by Gasteiger charge is -2.29. The molecule has 1 aromatic carbocycles. The smallest absolute Gasteiger partial charge is 0.227 e. The monoisotopic (exact) mass is 392 g/mol. The van der Waals surface area contributed by atoms with Crippen LogP contribution in [0.5, 0.6) is 0 Å². The predicted octanol–water partition coefficient (Wildman–Crippen LogP) is 3.62. The van der Waals surface area contributed by atoms with Crippen LogP contribution in [0, 0.1) is 19.8 Å². The third kappa shape index (κ3) is 4.37. The molecule has 2 aliphatic rings. The van der Waals surface area contributed by atoms with Crippen LogP contribution in [0.4, 0.5) is 5.69 Å². The Morgan fingerprint density at radius 1 is 1.07 bits per heavy atom. The molecular weight excluding hydrogens is 360 g/mol. The van der Waals surface area contributed by atoms with Crippen molar-refractivity contribution in [2.75, 3.05) is 5.32 Å². The van der Waals surface area contributed by atoms with E-state index in [4.69, 9.17) is 0 Å². The van der Waals surface area contributed by atoms with E-state index in [1.54, 1.807) is 13.8 Å². The molecule has 0 heterocycles. The first-order valence-corrected chi connectivity index (χ1v) is 11.7. The second-order valence-electron chi connectivity index (χ2n) is 8.43. The quantitative estimate of drug-likeness (QED) is 0.804. The maximum Gasteiger partial charge on any atom is 0.227 e. The third-order valence-corrected chi connectivity index (χ3v) is 8.12. The van der Waals surface area contributed by atoms with E-state index in [2.05, 4.69) is 30.0 Å². The van der Waals surface area contributed by atoms with Crippen LogP contribution in [0.2, 0.25) is 0 Å². The SMILES string of the molecule is Cc1cc(NC(=O)C2CCC(NS(=O)(=O)C(C)C)CC2)c(C)c2c1CCC2. The van der Waals surface area contributed by atoms with E-state index in [1.807, 2.05) is 0 Å². The number of anilines is 1. The molecular formula is C21H32N2O3S. The molecule has 6 heteroatoms. The number of amides is 1. The third-order valence-electron chi connectivity index (χ3n) is 6.22. The Hall–Kier alpha value is -1.40. The molecule has 3 rings (SSSR count). The molecule has 27 heavy (non-hydrogen) atoms. The summed E-state index contributed by atoms with van der Waals surface area (Å²) in [7, 11) is -3.25. The van der Waals surface area contributed by atoms with Crippen molar-refractivity contribution in [3.8, 4) is 0 Å². The molecule has 1 amide bonds. The summed E-state index contributed by atoms with van der Waals surface area (Å²) >= 11 is 0. The van der Waals surface area contributed by atoms with Gasteiger partial charge in [-0.05, 0) is 101 Å². The first kappa shape index (κ1) is 20.3. The van der Waals surface area contributed by atoms with E-state index in [9.17, 15) is 13.2 Å². The van der Waals surface area contributed by atoms with Gasteiger partial charge in [0.2, 0.25) is 15.9 Å². The minimum Gasteiger partial charge on any atom is -0.326 e. The highest BCUT2D eigenvalue weighted by Crippen LogP contribution is 2.34. The van der Waals surface area contributed by atoms with Gasteiger partial charge in [-0.2, -0.15) is 0 Å².